The number of amides is 1. The number of nitrogens with one attached hydrogen (secondary N) is 1. The number of aliphatic hydroxyl groups excluding tert-OH is 2. The largest absolute Gasteiger partial charge is 0.548 e. The number of aliphatic carboxylic acids is 1. The van der Waals surface area contributed by atoms with E-state index in [4.69, 9.17) is 0 Å². The van der Waals surface area contributed by atoms with Crippen molar-refractivity contribution in [1.29, 1.82) is 0 Å². The zero-order valence-electron chi connectivity index (χ0n) is 20.4. The SMILES string of the molecule is C[C@H](CCC(=O)NCC(=O)[O-])[C@H]1CC[C@H]2[C@]3(O)CCC4CC(O)CC[C@]4(C)[C@H]3CC(O)[C@]12C. The smallest absolute Gasteiger partial charge is 0.220 e. The Labute approximate surface area is 197 Å². The summed E-state index contributed by atoms with van der Waals surface area (Å²) in [6.07, 6.45) is 6.69. The molecule has 0 aromatic carbocycles. The predicted molar refractivity (Wildman–Crippen MR) is 120 cm³/mol. The normalized spacial score (nSPS) is 47.7. The lowest BCUT2D eigenvalue weighted by molar-refractivity contribution is -0.304. The highest BCUT2D eigenvalue weighted by Crippen LogP contribution is 2.69. The molecular formula is C26H42NO6-. The maximum absolute atomic E-state index is 12.3. The van der Waals surface area contributed by atoms with Gasteiger partial charge in [0.25, 0.3) is 0 Å². The van der Waals surface area contributed by atoms with E-state index in [0.29, 0.717) is 18.8 Å². The Balaban J connectivity index is 1.50. The van der Waals surface area contributed by atoms with Gasteiger partial charge in [0.1, 0.15) is 0 Å². The van der Waals surface area contributed by atoms with Gasteiger partial charge in [0.2, 0.25) is 5.91 Å². The van der Waals surface area contributed by atoms with Crippen LogP contribution in [0.2, 0.25) is 0 Å². The molecule has 4 aliphatic rings. The molecule has 4 N–H and O–H groups in total. The molecule has 7 nitrogen and oxygen atoms in total. The van der Waals surface area contributed by atoms with Crippen LogP contribution in [-0.2, 0) is 9.59 Å². The van der Waals surface area contributed by atoms with Crippen LogP contribution < -0.4 is 10.4 Å². The van der Waals surface area contributed by atoms with Crippen LogP contribution in [0, 0.1) is 40.4 Å². The first-order valence-electron chi connectivity index (χ1n) is 13.0. The van der Waals surface area contributed by atoms with Crippen LogP contribution >= 0.6 is 0 Å². The Hall–Kier alpha value is -1.18. The van der Waals surface area contributed by atoms with E-state index in [2.05, 4.69) is 26.1 Å². The Morgan fingerprint density at radius 2 is 1.79 bits per heavy atom. The van der Waals surface area contributed by atoms with Crippen molar-refractivity contribution in [3.63, 3.8) is 0 Å². The van der Waals surface area contributed by atoms with E-state index < -0.39 is 29.6 Å². The highest BCUT2D eigenvalue weighted by molar-refractivity contribution is 5.80. The quantitative estimate of drug-likeness (QED) is 0.470. The second kappa shape index (κ2) is 8.80. The van der Waals surface area contributed by atoms with Gasteiger partial charge >= 0.3 is 0 Å². The molecule has 0 spiro atoms. The van der Waals surface area contributed by atoms with E-state index in [9.17, 15) is 30.0 Å². The number of carbonyl (C=O) groups is 2. The minimum Gasteiger partial charge on any atom is -0.548 e. The molecule has 33 heavy (non-hydrogen) atoms. The Morgan fingerprint density at radius 3 is 2.48 bits per heavy atom. The lowest BCUT2D eigenvalue weighted by Gasteiger charge is -2.65. The second-order valence-corrected chi connectivity index (χ2v) is 12.2. The molecule has 4 rings (SSSR count). The second-order valence-electron chi connectivity index (χ2n) is 12.2. The van der Waals surface area contributed by atoms with E-state index in [0.717, 1.165) is 44.9 Å². The molecule has 10 atom stereocenters. The molecule has 4 aliphatic carbocycles. The molecule has 4 fully saturated rings. The van der Waals surface area contributed by atoms with Crippen molar-refractivity contribution in [3.8, 4) is 0 Å². The van der Waals surface area contributed by atoms with Crippen LogP contribution in [0.5, 0.6) is 0 Å². The summed E-state index contributed by atoms with van der Waals surface area (Å²) >= 11 is 0. The van der Waals surface area contributed by atoms with Crippen LogP contribution in [0.1, 0.15) is 85.0 Å². The van der Waals surface area contributed by atoms with Gasteiger partial charge in [-0.25, -0.2) is 0 Å². The highest BCUT2D eigenvalue weighted by Gasteiger charge is 2.69. The number of carbonyl (C=O) groups excluding carboxylic acids is 2. The number of fused-ring (bicyclic) bond motifs is 5. The summed E-state index contributed by atoms with van der Waals surface area (Å²) in [4.78, 5) is 22.6. The van der Waals surface area contributed by atoms with Gasteiger partial charge in [-0.1, -0.05) is 20.8 Å². The lowest BCUT2D eigenvalue weighted by atomic mass is 9.42. The molecule has 7 heteroatoms. The third-order valence-electron chi connectivity index (χ3n) is 10.8. The predicted octanol–water partition coefficient (Wildman–Crippen LogP) is 1.37. The Morgan fingerprint density at radius 1 is 1.06 bits per heavy atom. The third kappa shape index (κ3) is 4.02. The fourth-order valence-corrected chi connectivity index (χ4v) is 9.03. The molecule has 0 aromatic rings. The van der Waals surface area contributed by atoms with E-state index in [1.165, 1.54) is 0 Å². The molecule has 0 bridgehead atoms. The Kier molecular flexibility index (Phi) is 6.64. The third-order valence-corrected chi connectivity index (χ3v) is 10.8. The average Bonchev–Trinajstić information content (AvgIpc) is 3.13. The zero-order valence-corrected chi connectivity index (χ0v) is 20.4. The summed E-state index contributed by atoms with van der Waals surface area (Å²) in [5.74, 6) is -0.725. The van der Waals surface area contributed by atoms with Gasteiger partial charge < -0.3 is 30.5 Å². The van der Waals surface area contributed by atoms with E-state index in [-0.39, 0.29) is 47.5 Å². The number of hydrogen-bond acceptors (Lipinski definition) is 6. The summed E-state index contributed by atoms with van der Waals surface area (Å²) in [5, 5.41) is 47.0. The molecule has 3 unspecified atom stereocenters. The van der Waals surface area contributed by atoms with E-state index in [1.807, 2.05) is 0 Å². The first-order chi connectivity index (χ1) is 15.4. The average molecular weight is 465 g/mol. The summed E-state index contributed by atoms with van der Waals surface area (Å²) in [6, 6.07) is 0. The monoisotopic (exact) mass is 464 g/mol. The van der Waals surface area contributed by atoms with Gasteiger partial charge in [-0.15, -0.1) is 0 Å². The summed E-state index contributed by atoms with van der Waals surface area (Å²) < 4.78 is 0. The molecule has 4 saturated carbocycles. The standard InChI is InChI=1S/C26H43NO6/c1-15(4-7-22(30)27-14-23(31)32)18-5-6-19-25(18,3)21(29)13-20-24(2)10-9-17(28)12-16(24)8-11-26(19,20)33/h15-21,28-29,33H,4-14H2,1-3H3,(H,27,30)(H,31,32)/p-1/t15-,16?,17?,18-,19-,20-,21?,24+,25-,26-/m1/s1. The van der Waals surface area contributed by atoms with Gasteiger partial charge in [0.05, 0.1) is 30.3 Å². The fourth-order valence-electron chi connectivity index (χ4n) is 9.03. The minimum absolute atomic E-state index is 0.0303. The molecule has 188 valence electrons. The van der Waals surface area contributed by atoms with Crippen molar-refractivity contribution in [3.05, 3.63) is 0 Å². The molecule has 0 saturated heterocycles. The van der Waals surface area contributed by atoms with Crippen LogP contribution in [0.25, 0.3) is 0 Å². The van der Waals surface area contributed by atoms with Crippen molar-refractivity contribution in [2.45, 2.75) is 103 Å². The molecule has 0 aliphatic heterocycles. The van der Waals surface area contributed by atoms with Gasteiger partial charge in [0.15, 0.2) is 0 Å². The summed E-state index contributed by atoms with van der Waals surface area (Å²) in [6.45, 7) is 6.09. The fraction of sp³-hybridized carbons (Fsp3) is 0.923. The number of carboxylic acids is 1. The topological polar surface area (TPSA) is 130 Å². The zero-order chi connectivity index (χ0) is 24.2. The maximum atomic E-state index is 12.3. The number of carboxylic acid groups (broad SMARTS) is 1. The van der Waals surface area contributed by atoms with Gasteiger partial charge in [0, 0.05) is 11.8 Å². The van der Waals surface area contributed by atoms with Crippen molar-refractivity contribution in [2.75, 3.05) is 6.54 Å². The number of hydrogen-bond donors (Lipinski definition) is 4. The first-order valence-corrected chi connectivity index (χ1v) is 13.0. The molecule has 0 aromatic heterocycles. The summed E-state index contributed by atoms with van der Waals surface area (Å²) in [5.41, 5.74) is -1.24. The molecule has 0 heterocycles. The van der Waals surface area contributed by atoms with Crippen molar-refractivity contribution in [1.82, 2.24) is 5.32 Å². The number of rotatable bonds is 6. The van der Waals surface area contributed by atoms with Gasteiger partial charge in [-0.05, 0) is 92.8 Å². The first kappa shape index (κ1) is 24.9. The molecular weight excluding hydrogens is 422 g/mol. The highest BCUT2D eigenvalue weighted by atomic mass is 16.4. The molecule has 1 amide bonds. The van der Waals surface area contributed by atoms with Crippen LogP contribution in [-0.4, -0.2) is 51.5 Å². The summed E-state index contributed by atoms with van der Waals surface area (Å²) in [7, 11) is 0. The van der Waals surface area contributed by atoms with Gasteiger partial charge in [-0.2, -0.15) is 0 Å². The van der Waals surface area contributed by atoms with Crippen molar-refractivity contribution >= 4 is 11.9 Å². The maximum Gasteiger partial charge on any atom is 0.220 e. The number of aliphatic hydroxyl groups is 3. The van der Waals surface area contributed by atoms with Crippen molar-refractivity contribution < 1.29 is 30.0 Å². The van der Waals surface area contributed by atoms with Crippen LogP contribution in [0.4, 0.5) is 0 Å². The Bertz CT molecular complexity index is 774. The van der Waals surface area contributed by atoms with Crippen LogP contribution in [0.3, 0.4) is 0 Å². The van der Waals surface area contributed by atoms with Gasteiger partial charge in [-0.3, -0.25) is 4.79 Å². The minimum atomic E-state index is -1.30. The van der Waals surface area contributed by atoms with Crippen molar-refractivity contribution in [2.24, 2.45) is 40.4 Å². The van der Waals surface area contributed by atoms with E-state index in [1.54, 1.807) is 0 Å². The molecule has 0 radical (unpaired) electrons. The lowest BCUT2D eigenvalue weighted by Crippen LogP contribution is -2.67. The van der Waals surface area contributed by atoms with E-state index >= 15 is 0 Å². The van der Waals surface area contributed by atoms with Crippen LogP contribution in [0.15, 0.2) is 0 Å².